The first kappa shape index (κ1) is 30.4. The third kappa shape index (κ3) is 5.33. The van der Waals surface area contributed by atoms with Gasteiger partial charge >= 0.3 is 0 Å². The molecule has 0 atom stereocenters. The van der Waals surface area contributed by atoms with Gasteiger partial charge < -0.3 is 4.57 Å². The van der Waals surface area contributed by atoms with Gasteiger partial charge in [0.15, 0.2) is 0 Å². The summed E-state index contributed by atoms with van der Waals surface area (Å²) in [6.45, 7) is 0. The van der Waals surface area contributed by atoms with Crippen LogP contribution < -0.4 is 0 Å². The van der Waals surface area contributed by atoms with Gasteiger partial charge in [-0.1, -0.05) is 164 Å². The first-order valence-corrected chi connectivity index (χ1v) is 18.6. The van der Waals surface area contributed by atoms with Gasteiger partial charge in [0.2, 0.25) is 0 Å². The first-order valence-electron chi connectivity index (χ1n) is 17.7. The minimum absolute atomic E-state index is 1.14. The van der Waals surface area contributed by atoms with Crippen molar-refractivity contribution >= 4 is 42.4 Å². The molecule has 8 aromatic carbocycles. The smallest absolute Gasteiger partial charge is 0.0535 e. The van der Waals surface area contributed by atoms with E-state index >= 15 is 0 Å². The van der Waals surface area contributed by atoms with Gasteiger partial charge in [0.1, 0.15) is 0 Å². The number of hydrogen-bond acceptors (Lipinski definition) is 1. The van der Waals surface area contributed by atoms with Crippen LogP contribution in [0, 0.1) is 0 Å². The zero-order valence-electron chi connectivity index (χ0n) is 28.4. The molecule has 0 N–H and O–H groups in total. The number of thiophene rings is 1. The van der Waals surface area contributed by atoms with E-state index in [1.54, 1.807) is 0 Å². The van der Waals surface area contributed by atoms with Crippen LogP contribution in [0.3, 0.4) is 0 Å². The van der Waals surface area contributed by atoms with Gasteiger partial charge in [0.25, 0.3) is 0 Å². The molecular weight excluding hydrogens is 647 g/mol. The van der Waals surface area contributed by atoms with Crippen molar-refractivity contribution < 1.29 is 0 Å². The summed E-state index contributed by atoms with van der Waals surface area (Å²) >= 11 is 1.88. The molecule has 0 radical (unpaired) electrons. The Morgan fingerprint density at radius 2 is 0.827 bits per heavy atom. The summed E-state index contributed by atoms with van der Waals surface area (Å²) in [5, 5.41) is 3.89. The molecule has 0 bridgehead atoms. The highest BCUT2D eigenvalue weighted by atomic mass is 32.1. The molecule has 0 amide bonds. The van der Waals surface area contributed by atoms with Crippen LogP contribution in [0.15, 0.2) is 200 Å². The van der Waals surface area contributed by atoms with Gasteiger partial charge in [-0.3, -0.25) is 0 Å². The van der Waals surface area contributed by atoms with E-state index in [0.717, 1.165) is 5.69 Å². The van der Waals surface area contributed by atoms with Crippen LogP contribution in [0.4, 0.5) is 0 Å². The number of aromatic nitrogens is 1. The lowest BCUT2D eigenvalue weighted by Crippen LogP contribution is -1.92. The number of nitrogens with zero attached hydrogens (tertiary/aromatic N) is 1. The van der Waals surface area contributed by atoms with Crippen molar-refractivity contribution in [3.63, 3.8) is 0 Å². The lowest BCUT2D eigenvalue weighted by molar-refractivity contribution is 1.13. The topological polar surface area (TPSA) is 4.93 Å². The fraction of sp³-hybridized carbons (Fsp3) is 0. The summed E-state index contributed by atoms with van der Waals surface area (Å²) in [6, 6.07) is 70.5. The molecule has 2 heteroatoms. The van der Waals surface area contributed by atoms with Crippen molar-refractivity contribution in [3.05, 3.63) is 200 Å². The van der Waals surface area contributed by atoms with Crippen LogP contribution in [-0.4, -0.2) is 4.57 Å². The third-order valence-electron chi connectivity index (χ3n) is 10.3. The fourth-order valence-electron chi connectivity index (χ4n) is 7.59. The summed E-state index contributed by atoms with van der Waals surface area (Å²) in [7, 11) is 0. The van der Waals surface area contributed by atoms with Gasteiger partial charge in [-0.2, -0.15) is 0 Å². The lowest BCUT2D eigenvalue weighted by Gasteiger charge is -2.09. The Morgan fingerprint density at radius 1 is 0.327 bits per heavy atom. The van der Waals surface area contributed by atoms with Crippen LogP contribution in [0.5, 0.6) is 0 Å². The van der Waals surface area contributed by atoms with Gasteiger partial charge in [0.05, 0.1) is 5.52 Å². The standard InChI is InChI=1S/C50H33NS/c1-3-10-34(11-4-1)36-18-20-38(21-19-36)41-28-31-48-46(32-41)47(40-24-22-37(23-25-40)35-12-5-2-6-13-35)33-51(48)42-29-26-39(27-30-42)43-15-9-16-45-44-14-7-8-17-49(44)52-50(43)45/h1-33H. The first-order chi connectivity index (χ1) is 25.8. The highest BCUT2D eigenvalue weighted by molar-refractivity contribution is 7.26. The predicted octanol–water partition coefficient (Wildman–Crippen LogP) is 14.3. The molecule has 0 spiro atoms. The second-order valence-corrected chi connectivity index (χ2v) is 14.4. The molecule has 0 unspecified atom stereocenters. The molecule has 0 aliphatic carbocycles. The summed E-state index contributed by atoms with van der Waals surface area (Å²) in [5.74, 6) is 0. The molecular formula is C50H33NS. The molecule has 0 fully saturated rings. The van der Waals surface area contributed by atoms with E-state index < -0.39 is 0 Å². The van der Waals surface area contributed by atoms with E-state index in [2.05, 4.69) is 205 Å². The normalized spacial score (nSPS) is 11.5. The fourth-order valence-corrected chi connectivity index (χ4v) is 8.83. The third-order valence-corrected chi connectivity index (χ3v) is 11.5. The molecule has 0 aliphatic rings. The Balaban J connectivity index is 1.07. The van der Waals surface area contributed by atoms with Crippen molar-refractivity contribution in [2.45, 2.75) is 0 Å². The van der Waals surface area contributed by atoms with Gasteiger partial charge in [0, 0.05) is 43.0 Å². The Labute approximate surface area is 307 Å². The van der Waals surface area contributed by atoms with Crippen molar-refractivity contribution in [3.8, 4) is 61.3 Å². The highest BCUT2D eigenvalue weighted by Crippen LogP contribution is 2.41. The summed E-state index contributed by atoms with van der Waals surface area (Å²) < 4.78 is 5.02. The van der Waals surface area contributed by atoms with Crippen molar-refractivity contribution in [1.29, 1.82) is 0 Å². The molecule has 0 saturated carbocycles. The molecule has 10 aromatic rings. The molecule has 0 aliphatic heterocycles. The molecule has 2 aromatic heterocycles. The quantitative estimate of drug-likeness (QED) is 0.165. The Kier molecular flexibility index (Phi) is 7.41. The number of fused-ring (bicyclic) bond motifs is 4. The van der Waals surface area contributed by atoms with E-state index in [-0.39, 0.29) is 0 Å². The molecule has 52 heavy (non-hydrogen) atoms. The van der Waals surface area contributed by atoms with E-state index in [9.17, 15) is 0 Å². The van der Waals surface area contributed by atoms with Gasteiger partial charge in [-0.15, -0.1) is 11.3 Å². The SMILES string of the molecule is c1ccc(-c2ccc(-c3ccc4c(c3)c(-c3ccc(-c5ccccc5)cc3)cn4-c3ccc(-c4cccc5c4sc4ccccc45)cc3)cc2)cc1. The number of rotatable bonds is 6. The van der Waals surface area contributed by atoms with Gasteiger partial charge in [-0.05, 0) is 80.4 Å². The molecule has 244 valence electrons. The Bertz CT molecular complexity index is 2840. The van der Waals surface area contributed by atoms with E-state index in [1.165, 1.54) is 86.7 Å². The Morgan fingerprint density at radius 3 is 1.50 bits per heavy atom. The minimum atomic E-state index is 1.14. The van der Waals surface area contributed by atoms with E-state index in [1.807, 2.05) is 11.3 Å². The Hall–Kier alpha value is -6.48. The van der Waals surface area contributed by atoms with Crippen LogP contribution in [0.2, 0.25) is 0 Å². The number of benzene rings is 8. The maximum absolute atomic E-state index is 2.36. The predicted molar refractivity (Wildman–Crippen MR) is 223 cm³/mol. The maximum Gasteiger partial charge on any atom is 0.0535 e. The average molecular weight is 680 g/mol. The van der Waals surface area contributed by atoms with E-state index in [0.29, 0.717) is 0 Å². The van der Waals surface area contributed by atoms with E-state index in [4.69, 9.17) is 0 Å². The second-order valence-electron chi connectivity index (χ2n) is 13.4. The zero-order valence-corrected chi connectivity index (χ0v) is 29.2. The number of hydrogen-bond donors (Lipinski definition) is 0. The molecule has 2 heterocycles. The van der Waals surface area contributed by atoms with Crippen LogP contribution >= 0.6 is 11.3 Å². The molecule has 1 nitrogen and oxygen atoms in total. The van der Waals surface area contributed by atoms with Crippen molar-refractivity contribution in [1.82, 2.24) is 4.57 Å². The summed E-state index contributed by atoms with van der Waals surface area (Å²) in [6.07, 6.45) is 2.31. The summed E-state index contributed by atoms with van der Waals surface area (Å²) in [5.41, 5.74) is 14.6. The lowest BCUT2D eigenvalue weighted by atomic mass is 9.97. The molecule has 10 rings (SSSR count). The van der Waals surface area contributed by atoms with Crippen LogP contribution in [0.25, 0.3) is 92.4 Å². The van der Waals surface area contributed by atoms with Crippen LogP contribution in [0.1, 0.15) is 0 Å². The van der Waals surface area contributed by atoms with Gasteiger partial charge in [-0.25, -0.2) is 0 Å². The largest absolute Gasteiger partial charge is 0.316 e. The second kappa shape index (κ2) is 12.7. The summed E-state index contributed by atoms with van der Waals surface area (Å²) in [4.78, 5) is 0. The van der Waals surface area contributed by atoms with Crippen molar-refractivity contribution in [2.75, 3.05) is 0 Å². The maximum atomic E-state index is 2.36. The average Bonchev–Trinajstić information content (AvgIpc) is 3.81. The minimum Gasteiger partial charge on any atom is -0.316 e. The van der Waals surface area contributed by atoms with Crippen molar-refractivity contribution in [2.24, 2.45) is 0 Å². The van der Waals surface area contributed by atoms with Crippen LogP contribution in [-0.2, 0) is 0 Å². The zero-order chi connectivity index (χ0) is 34.4. The highest BCUT2D eigenvalue weighted by Gasteiger charge is 2.15. The monoisotopic (exact) mass is 679 g/mol. The molecule has 0 saturated heterocycles.